The Kier molecular flexibility index (Phi) is 5.81. The van der Waals surface area contributed by atoms with Gasteiger partial charge in [0.1, 0.15) is 5.75 Å². The lowest BCUT2D eigenvalue weighted by Crippen LogP contribution is -2.15. The van der Waals surface area contributed by atoms with Crippen LogP contribution in [0.5, 0.6) is 5.75 Å². The van der Waals surface area contributed by atoms with Gasteiger partial charge in [0.2, 0.25) is 5.82 Å². The van der Waals surface area contributed by atoms with E-state index < -0.39 is 0 Å². The van der Waals surface area contributed by atoms with Gasteiger partial charge in [-0.2, -0.15) is 0 Å². The van der Waals surface area contributed by atoms with Gasteiger partial charge < -0.3 is 9.15 Å². The molecule has 1 fully saturated rings. The highest BCUT2D eigenvalue weighted by Gasteiger charge is 2.25. The Morgan fingerprint density at radius 1 is 1.21 bits per heavy atom. The van der Waals surface area contributed by atoms with Gasteiger partial charge in [-0.15, -0.1) is 10.2 Å². The number of hydrogen-bond acceptors (Lipinski definition) is 6. The molecular formula is C21H23N3O3S. The number of hydrogen-bond donors (Lipinski definition) is 0. The first-order valence-electron chi connectivity index (χ1n) is 9.55. The number of aromatic nitrogens is 3. The molecular weight excluding hydrogens is 374 g/mol. The number of carbonyl (C=O) groups excluding carboxylic acids is 1. The molecule has 0 saturated heterocycles. The van der Waals surface area contributed by atoms with Crippen LogP contribution < -0.4 is 4.74 Å². The zero-order valence-corrected chi connectivity index (χ0v) is 16.7. The second kappa shape index (κ2) is 8.65. The fraction of sp³-hybridized carbons (Fsp3) is 0.381. The van der Waals surface area contributed by atoms with E-state index in [4.69, 9.17) is 9.15 Å². The molecule has 2 aromatic heterocycles. The molecule has 1 aliphatic carbocycles. The van der Waals surface area contributed by atoms with E-state index in [1.165, 1.54) is 31.0 Å². The van der Waals surface area contributed by atoms with Gasteiger partial charge in [-0.05, 0) is 37.1 Å². The molecule has 4 rings (SSSR count). The largest absolute Gasteiger partial charge is 0.497 e. The molecule has 28 heavy (non-hydrogen) atoms. The Bertz CT molecular complexity index is 930. The molecule has 0 unspecified atom stereocenters. The van der Waals surface area contributed by atoms with Crippen LogP contribution in [0.2, 0.25) is 0 Å². The van der Waals surface area contributed by atoms with Gasteiger partial charge in [0, 0.05) is 11.6 Å². The highest BCUT2D eigenvalue weighted by atomic mass is 32.2. The molecule has 0 spiro atoms. The number of rotatable bonds is 7. The molecule has 0 atom stereocenters. The second-order valence-electron chi connectivity index (χ2n) is 6.89. The average molecular weight is 398 g/mol. The Morgan fingerprint density at radius 2 is 2.07 bits per heavy atom. The second-order valence-corrected chi connectivity index (χ2v) is 7.83. The van der Waals surface area contributed by atoms with Crippen molar-refractivity contribution >= 4 is 17.5 Å². The van der Waals surface area contributed by atoms with Crippen molar-refractivity contribution in [1.29, 1.82) is 0 Å². The summed E-state index contributed by atoms with van der Waals surface area (Å²) in [6.07, 6.45) is 7.52. The summed E-state index contributed by atoms with van der Waals surface area (Å²) in [6.45, 7) is 0. The van der Waals surface area contributed by atoms with E-state index in [1.54, 1.807) is 19.4 Å². The number of carbonyl (C=O) groups is 1. The minimum absolute atomic E-state index is 0.0432. The number of furan rings is 1. The molecule has 0 amide bonds. The number of nitrogens with zero attached hydrogens (tertiary/aromatic N) is 3. The van der Waals surface area contributed by atoms with Crippen molar-refractivity contribution in [3.05, 3.63) is 48.2 Å². The van der Waals surface area contributed by atoms with Crippen LogP contribution in [-0.2, 0) is 0 Å². The Labute approximate surface area is 168 Å². The summed E-state index contributed by atoms with van der Waals surface area (Å²) in [4.78, 5) is 12.7. The number of methoxy groups -OCH3 is 1. The van der Waals surface area contributed by atoms with Crippen LogP contribution in [0.1, 0.15) is 48.5 Å². The number of thioether (sulfide) groups is 1. The maximum absolute atomic E-state index is 12.7. The van der Waals surface area contributed by atoms with Crippen LogP contribution in [-0.4, -0.2) is 33.4 Å². The van der Waals surface area contributed by atoms with E-state index in [9.17, 15) is 4.79 Å². The van der Waals surface area contributed by atoms with Gasteiger partial charge in [-0.25, -0.2) is 0 Å². The number of benzene rings is 1. The molecule has 2 heterocycles. The third-order valence-electron chi connectivity index (χ3n) is 5.07. The lowest BCUT2D eigenvalue weighted by atomic mass is 9.95. The van der Waals surface area contributed by atoms with Gasteiger partial charge in [-0.3, -0.25) is 9.36 Å². The monoisotopic (exact) mass is 397 g/mol. The van der Waals surface area contributed by atoms with E-state index in [-0.39, 0.29) is 5.78 Å². The summed E-state index contributed by atoms with van der Waals surface area (Å²) in [5, 5.41) is 9.54. The van der Waals surface area contributed by atoms with E-state index in [0.29, 0.717) is 28.9 Å². The molecule has 1 aliphatic rings. The third-order valence-corrected chi connectivity index (χ3v) is 6.01. The molecule has 146 valence electrons. The molecule has 1 aromatic carbocycles. The Balaban J connectivity index is 1.56. The van der Waals surface area contributed by atoms with Crippen LogP contribution >= 0.6 is 11.8 Å². The van der Waals surface area contributed by atoms with Crippen LogP contribution in [0.15, 0.2) is 52.2 Å². The Hall–Kier alpha value is -2.54. The standard InChI is InChI=1S/C21H23N3O3S/c1-26-17-10-5-7-15(13-17)18(25)14-28-21-23-22-20(19-11-6-12-27-19)24(21)16-8-3-2-4-9-16/h5-7,10-13,16H,2-4,8-9,14H2,1H3. The number of ketones is 1. The minimum Gasteiger partial charge on any atom is -0.497 e. The van der Waals surface area contributed by atoms with Crippen molar-refractivity contribution in [3.8, 4) is 17.3 Å². The number of ether oxygens (including phenoxy) is 1. The van der Waals surface area contributed by atoms with E-state index in [2.05, 4.69) is 14.8 Å². The zero-order valence-electron chi connectivity index (χ0n) is 15.8. The molecule has 6 nitrogen and oxygen atoms in total. The lowest BCUT2D eigenvalue weighted by Gasteiger charge is -2.25. The average Bonchev–Trinajstić information content (AvgIpc) is 3.42. The molecule has 0 aliphatic heterocycles. The lowest BCUT2D eigenvalue weighted by molar-refractivity contribution is 0.102. The first-order valence-corrected chi connectivity index (χ1v) is 10.5. The summed E-state index contributed by atoms with van der Waals surface area (Å²) < 4.78 is 13.0. The highest BCUT2D eigenvalue weighted by Crippen LogP contribution is 2.35. The van der Waals surface area contributed by atoms with Crippen molar-refractivity contribution in [1.82, 2.24) is 14.8 Å². The fourth-order valence-corrected chi connectivity index (χ4v) is 4.53. The molecule has 1 saturated carbocycles. The normalized spacial score (nSPS) is 14.9. The number of Topliss-reactive ketones (excluding diaryl/α,β-unsaturated/α-hetero) is 1. The van der Waals surface area contributed by atoms with E-state index >= 15 is 0 Å². The van der Waals surface area contributed by atoms with Crippen LogP contribution in [0.3, 0.4) is 0 Å². The van der Waals surface area contributed by atoms with Crippen molar-refractivity contribution in [2.45, 2.75) is 43.3 Å². The molecule has 0 bridgehead atoms. The van der Waals surface area contributed by atoms with Crippen molar-refractivity contribution in [2.75, 3.05) is 12.9 Å². The fourth-order valence-electron chi connectivity index (χ4n) is 3.63. The van der Waals surface area contributed by atoms with Gasteiger partial charge in [0.25, 0.3) is 0 Å². The smallest absolute Gasteiger partial charge is 0.200 e. The summed E-state index contributed by atoms with van der Waals surface area (Å²) in [5.74, 6) is 2.48. The summed E-state index contributed by atoms with van der Waals surface area (Å²) in [6, 6.07) is 11.3. The summed E-state index contributed by atoms with van der Waals surface area (Å²) >= 11 is 1.43. The van der Waals surface area contributed by atoms with Crippen LogP contribution in [0, 0.1) is 0 Å². The predicted octanol–water partition coefficient (Wildman–Crippen LogP) is 5.03. The van der Waals surface area contributed by atoms with Crippen molar-refractivity contribution < 1.29 is 13.9 Å². The summed E-state index contributed by atoms with van der Waals surface area (Å²) in [7, 11) is 1.60. The maximum atomic E-state index is 12.7. The highest BCUT2D eigenvalue weighted by molar-refractivity contribution is 7.99. The predicted molar refractivity (Wildman–Crippen MR) is 108 cm³/mol. The van der Waals surface area contributed by atoms with Crippen molar-refractivity contribution in [2.24, 2.45) is 0 Å². The van der Waals surface area contributed by atoms with Crippen LogP contribution in [0.4, 0.5) is 0 Å². The molecule has 0 radical (unpaired) electrons. The van der Waals surface area contributed by atoms with Gasteiger partial charge >= 0.3 is 0 Å². The van der Waals surface area contributed by atoms with Gasteiger partial charge in [0.05, 0.1) is 19.1 Å². The van der Waals surface area contributed by atoms with E-state index in [1.807, 2.05) is 30.3 Å². The quantitative estimate of drug-likeness (QED) is 0.411. The topological polar surface area (TPSA) is 70.2 Å². The van der Waals surface area contributed by atoms with E-state index in [0.717, 1.165) is 23.8 Å². The third kappa shape index (κ3) is 3.99. The first kappa shape index (κ1) is 18.8. The first-order chi connectivity index (χ1) is 13.8. The van der Waals surface area contributed by atoms with Crippen molar-refractivity contribution in [3.63, 3.8) is 0 Å². The summed E-state index contributed by atoms with van der Waals surface area (Å²) in [5.41, 5.74) is 0.641. The minimum atomic E-state index is 0.0432. The van der Waals surface area contributed by atoms with Gasteiger partial charge in [-0.1, -0.05) is 43.2 Å². The molecule has 3 aromatic rings. The molecule has 0 N–H and O–H groups in total. The molecule has 7 heteroatoms. The Morgan fingerprint density at radius 3 is 2.82 bits per heavy atom. The van der Waals surface area contributed by atoms with Crippen LogP contribution in [0.25, 0.3) is 11.6 Å². The van der Waals surface area contributed by atoms with Gasteiger partial charge in [0.15, 0.2) is 16.7 Å². The SMILES string of the molecule is COc1cccc(C(=O)CSc2nnc(-c3ccco3)n2C2CCCCC2)c1. The zero-order chi connectivity index (χ0) is 19.3. The maximum Gasteiger partial charge on any atom is 0.200 e.